The topological polar surface area (TPSA) is 41.6 Å². The molecule has 3 nitrogen and oxygen atoms in total. The van der Waals surface area contributed by atoms with Gasteiger partial charge in [0, 0.05) is 20.5 Å². The maximum absolute atomic E-state index is 4.22. The monoisotopic (exact) mass is 289 g/mol. The summed E-state index contributed by atoms with van der Waals surface area (Å²) in [7, 11) is 0. The largest absolute Gasteiger partial charge is 0.262 e. The minimum Gasteiger partial charge on any atom is -0.262 e. The molecule has 0 saturated heterocycles. The normalized spacial score (nSPS) is 10.7. The SMILES string of the molecule is Cc1nc(SCc2cc(Br)cs2)n[nH]1. The lowest BCUT2D eigenvalue weighted by molar-refractivity contribution is 0.969. The van der Waals surface area contributed by atoms with Gasteiger partial charge >= 0.3 is 0 Å². The zero-order valence-electron chi connectivity index (χ0n) is 7.45. The molecule has 0 unspecified atom stereocenters. The van der Waals surface area contributed by atoms with E-state index >= 15 is 0 Å². The first-order valence-corrected chi connectivity index (χ1v) is 6.64. The molecule has 1 N–H and O–H groups in total. The third kappa shape index (κ3) is 2.59. The lowest BCUT2D eigenvalue weighted by Gasteiger charge is -1.91. The molecule has 0 fully saturated rings. The van der Waals surface area contributed by atoms with Crippen molar-refractivity contribution in [1.82, 2.24) is 15.2 Å². The summed E-state index contributed by atoms with van der Waals surface area (Å²) in [6, 6.07) is 2.12. The second kappa shape index (κ2) is 4.46. The van der Waals surface area contributed by atoms with Crippen molar-refractivity contribution in [2.24, 2.45) is 0 Å². The van der Waals surface area contributed by atoms with Crippen LogP contribution in [0, 0.1) is 6.92 Å². The number of H-pyrrole nitrogens is 1. The van der Waals surface area contributed by atoms with E-state index in [1.54, 1.807) is 23.1 Å². The van der Waals surface area contributed by atoms with Crippen LogP contribution in [-0.4, -0.2) is 15.2 Å². The highest BCUT2D eigenvalue weighted by atomic mass is 79.9. The summed E-state index contributed by atoms with van der Waals surface area (Å²) in [4.78, 5) is 5.55. The maximum Gasteiger partial charge on any atom is 0.208 e. The van der Waals surface area contributed by atoms with Crippen molar-refractivity contribution in [2.45, 2.75) is 17.8 Å². The molecular formula is C8H8BrN3S2. The Morgan fingerprint density at radius 2 is 2.50 bits per heavy atom. The molecule has 0 aliphatic carbocycles. The molecule has 0 aliphatic heterocycles. The molecule has 2 aromatic heterocycles. The van der Waals surface area contributed by atoms with E-state index < -0.39 is 0 Å². The van der Waals surface area contributed by atoms with Crippen LogP contribution in [0.4, 0.5) is 0 Å². The fourth-order valence-electron chi connectivity index (χ4n) is 0.952. The number of aromatic nitrogens is 3. The van der Waals surface area contributed by atoms with Gasteiger partial charge in [-0.3, -0.25) is 5.10 Å². The van der Waals surface area contributed by atoms with Crippen LogP contribution >= 0.6 is 39.0 Å². The molecule has 6 heteroatoms. The summed E-state index contributed by atoms with van der Waals surface area (Å²) >= 11 is 6.81. The number of hydrogen-bond donors (Lipinski definition) is 1. The molecule has 0 saturated carbocycles. The van der Waals surface area contributed by atoms with Gasteiger partial charge in [-0.05, 0) is 28.9 Å². The number of halogens is 1. The molecule has 2 rings (SSSR count). The van der Waals surface area contributed by atoms with Crippen LogP contribution in [0.15, 0.2) is 21.1 Å². The van der Waals surface area contributed by atoms with E-state index in [0.29, 0.717) is 0 Å². The number of thiophene rings is 1. The highest BCUT2D eigenvalue weighted by molar-refractivity contribution is 9.10. The predicted molar refractivity (Wildman–Crippen MR) is 62.7 cm³/mol. The fourth-order valence-corrected chi connectivity index (χ4v) is 3.30. The van der Waals surface area contributed by atoms with Gasteiger partial charge in [-0.2, -0.15) is 0 Å². The first-order chi connectivity index (χ1) is 6.74. The van der Waals surface area contributed by atoms with Gasteiger partial charge in [0.15, 0.2) is 0 Å². The Labute approximate surface area is 98.5 Å². The second-order valence-corrected chi connectivity index (χ2v) is 5.58. The summed E-state index contributed by atoms with van der Waals surface area (Å²) in [5.74, 6) is 1.79. The second-order valence-electron chi connectivity index (χ2n) is 2.72. The Bertz CT molecular complexity index is 383. The van der Waals surface area contributed by atoms with Crippen molar-refractivity contribution >= 4 is 39.0 Å². The van der Waals surface area contributed by atoms with Crippen LogP contribution in [0.2, 0.25) is 0 Å². The summed E-state index contributed by atoms with van der Waals surface area (Å²) in [6.07, 6.45) is 0. The Kier molecular flexibility index (Phi) is 3.25. The standard InChI is InChI=1S/C8H8BrN3S2/c1-5-10-8(12-11-5)14-4-7-2-6(9)3-13-7/h2-3H,4H2,1H3,(H,10,11,12). The van der Waals surface area contributed by atoms with Gasteiger partial charge in [0.05, 0.1) is 0 Å². The van der Waals surface area contributed by atoms with Gasteiger partial charge in [-0.1, -0.05) is 11.8 Å². The number of aromatic amines is 1. The van der Waals surface area contributed by atoms with E-state index in [1.165, 1.54) is 4.88 Å². The molecule has 0 amide bonds. The van der Waals surface area contributed by atoms with Crippen molar-refractivity contribution in [2.75, 3.05) is 0 Å². The molecule has 0 aliphatic rings. The molecule has 0 bridgehead atoms. The van der Waals surface area contributed by atoms with E-state index in [1.807, 2.05) is 6.92 Å². The number of hydrogen-bond acceptors (Lipinski definition) is 4. The predicted octanol–water partition coefficient (Wildman–Crippen LogP) is 3.23. The Morgan fingerprint density at radius 1 is 1.64 bits per heavy atom. The Balaban J connectivity index is 1.94. The molecule has 2 heterocycles. The van der Waals surface area contributed by atoms with Crippen molar-refractivity contribution in [1.29, 1.82) is 0 Å². The van der Waals surface area contributed by atoms with Crippen molar-refractivity contribution in [3.05, 3.63) is 26.6 Å². The number of aryl methyl sites for hydroxylation is 1. The number of rotatable bonds is 3. The zero-order valence-corrected chi connectivity index (χ0v) is 10.7. The average molecular weight is 290 g/mol. The van der Waals surface area contributed by atoms with E-state index in [2.05, 4.69) is 42.6 Å². The fraction of sp³-hybridized carbons (Fsp3) is 0.250. The van der Waals surface area contributed by atoms with Crippen molar-refractivity contribution in [3.8, 4) is 0 Å². The molecule has 0 spiro atoms. The quantitative estimate of drug-likeness (QED) is 0.882. The molecule has 0 radical (unpaired) electrons. The Morgan fingerprint density at radius 3 is 3.07 bits per heavy atom. The van der Waals surface area contributed by atoms with Crippen LogP contribution in [0.25, 0.3) is 0 Å². The minimum absolute atomic E-state index is 0.812. The number of nitrogens with zero attached hydrogens (tertiary/aromatic N) is 2. The van der Waals surface area contributed by atoms with Crippen LogP contribution in [0.3, 0.4) is 0 Å². The zero-order chi connectivity index (χ0) is 9.97. The van der Waals surface area contributed by atoms with Crippen molar-refractivity contribution < 1.29 is 0 Å². The van der Waals surface area contributed by atoms with Gasteiger partial charge < -0.3 is 0 Å². The van der Waals surface area contributed by atoms with Gasteiger partial charge in [0.1, 0.15) is 5.82 Å². The summed E-state index contributed by atoms with van der Waals surface area (Å²) in [6.45, 7) is 1.90. The summed E-state index contributed by atoms with van der Waals surface area (Å²) in [5, 5.41) is 9.77. The molecule has 2 aromatic rings. The van der Waals surface area contributed by atoms with Gasteiger partial charge in [-0.25, -0.2) is 4.98 Å². The highest BCUT2D eigenvalue weighted by Gasteiger charge is 2.02. The van der Waals surface area contributed by atoms with Crippen molar-refractivity contribution in [3.63, 3.8) is 0 Å². The highest BCUT2D eigenvalue weighted by Crippen LogP contribution is 2.26. The minimum atomic E-state index is 0.812. The number of nitrogens with one attached hydrogen (secondary N) is 1. The van der Waals surface area contributed by atoms with Crippen LogP contribution in [-0.2, 0) is 5.75 Å². The first kappa shape index (κ1) is 10.2. The van der Waals surface area contributed by atoms with Gasteiger partial charge in [0.25, 0.3) is 0 Å². The average Bonchev–Trinajstić information content (AvgIpc) is 2.72. The van der Waals surface area contributed by atoms with Crippen LogP contribution in [0.5, 0.6) is 0 Å². The van der Waals surface area contributed by atoms with E-state index in [0.717, 1.165) is 21.2 Å². The van der Waals surface area contributed by atoms with E-state index in [-0.39, 0.29) is 0 Å². The van der Waals surface area contributed by atoms with Crippen LogP contribution in [0.1, 0.15) is 10.7 Å². The lowest BCUT2D eigenvalue weighted by Crippen LogP contribution is -1.77. The molecule has 74 valence electrons. The molecular weight excluding hydrogens is 282 g/mol. The summed E-state index contributed by atoms with van der Waals surface area (Å²) < 4.78 is 1.14. The summed E-state index contributed by atoms with van der Waals surface area (Å²) in [5.41, 5.74) is 0. The number of thioether (sulfide) groups is 1. The molecule has 0 aromatic carbocycles. The third-order valence-electron chi connectivity index (χ3n) is 1.54. The third-order valence-corrected chi connectivity index (χ3v) is 4.32. The van der Waals surface area contributed by atoms with Crippen LogP contribution < -0.4 is 0 Å². The Hall–Kier alpha value is -0.330. The molecule has 14 heavy (non-hydrogen) atoms. The van der Waals surface area contributed by atoms with Gasteiger partial charge in [-0.15, -0.1) is 16.4 Å². The maximum atomic E-state index is 4.22. The lowest BCUT2D eigenvalue weighted by atomic mass is 10.5. The van der Waals surface area contributed by atoms with E-state index in [4.69, 9.17) is 0 Å². The smallest absolute Gasteiger partial charge is 0.208 e. The van der Waals surface area contributed by atoms with Gasteiger partial charge in [0.2, 0.25) is 5.16 Å². The first-order valence-electron chi connectivity index (χ1n) is 3.99. The molecule has 0 atom stereocenters. The van der Waals surface area contributed by atoms with E-state index in [9.17, 15) is 0 Å².